The molecule has 1 aromatic carbocycles. The number of aliphatic hydroxyl groups is 1. The van der Waals surface area contributed by atoms with Crippen LogP contribution in [0.2, 0.25) is 0 Å². The van der Waals surface area contributed by atoms with Gasteiger partial charge in [0.15, 0.2) is 5.82 Å². The number of para-hydroxylation sites is 1. The fourth-order valence-corrected chi connectivity index (χ4v) is 2.62. The number of hydrogen-bond acceptors (Lipinski definition) is 5. The van der Waals surface area contributed by atoms with Gasteiger partial charge in [0.05, 0.1) is 5.69 Å². The molecule has 1 fully saturated rings. The minimum atomic E-state index is -0.167. The molecule has 20 heavy (non-hydrogen) atoms. The summed E-state index contributed by atoms with van der Waals surface area (Å²) in [6.45, 7) is 1.51. The molecule has 1 aliphatic rings. The van der Waals surface area contributed by atoms with E-state index in [1.54, 1.807) is 4.68 Å². The fraction of sp³-hybridized carbons (Fsp3) is 0.500. The van der Waals surface area contributed by atoms with E-state index in [2.05, 4.69) is 15.5 Å². The van der Waals surface area contributed by atoms with Crippen LogP contribution in [-0.2, 0) is 11.2 Å². The molecule has 0 unspecified atom stereocenters. The van der Waals surface area contributed by atoms with Gasteiger partial charge in [0.2, 0.25) is 0 Å². The summed E-state index contributed by atoms with van der Waals surface area (Å²) in [4.78, 5) is 0. The zero-order chi connectivity index (χ0) is 13.8. The number of hydrogen-bond donors (Lipinski definition) is 1. The normalized spacial score (nSPS) is 18.1. The van der Waals surface area contributed by atoms with Gasteiger partial charge in [-0.2, -0.15) is 4.68 Å². The largest absolute Gasteiger partial charge is 0.396 e. The average molecular weight is 274 g/mol. The molecule has 1 N–H and O–H groups in total. The van der Waals surface area contributed by atoms with Crippen molar-refractivity contribution in [3.05, 3.63) is 36.2 Å². The van der Waals surface area contributed by atoms with Crippen molar-refractivity contribution in [1.29, 1.82) is 0 Å². The third-order valence-electron chi connectivity index (χ3n) is 3.96. The molecule has 0 radical (unpaired) electrons. The summed E-state index contributed by atoms with van der Waals surface area (Å²) in [6.07, 6.45) is 2.34. The highest BCUT2D eigenvalue weighted by Gasteiger charge is 2.34. The maximum atomic E-state index is 9.77. The maximum absolute atomic E-state index is 9.77. The molecule has 6 heteroatoms. The lowest BCUT2D eigenvalue weighted by atomic mass is 9.78. The van der Waals surface area contributed by atoms with E-state index in [4.69, 9.17) is 4.74 Å². The van der Waals surface area contributed by atoms with Crippen LogP contribution >= 0.6 is 0 Å². The zero-order valence-electron chi connectivity index (χ0n) is 11.3. The highest BCUT2D eigenvalue weighted by Crippen LogP contribution is 2.33. The minimum absolute atomic E-state index is 0.137. The Morgan fingerprint density at radius 2 is 1.95 bits per heavy atom. The monoisotopic (exact) mass is 274 g/mol. The van der Waals surface area contributed by atoms with E-state index >= 15 is 0 Å². The van der Waals surface area contributed by atoms with Crippen LogP contribution < -0.4 is 0 Å². The van der Waals surface area contributed by atoms with E-state index in [1.165, 1.54) is 0 Å². The van der Waals surface area contributed by atoms with E-state index in [1.807, 2.05) is 30.3 Å². The number of aliphatic hydroxyl groups excluding tert-OH is 1. The standard InChI is InChI=1S/C14H18N4O2/c19-11-14(6-8-20-9-7-14)10-13-15-16-17-18(13)12-4-2-1-3-5-12/h1-5,19H,6-11H2. The van der Waals surface area contributed by atoms with E-state index in [0.29, 0.717) is 19.6 Å². The molecular weight excluding hydrogens is 256 g/mol. The highest BCUT2D eigenvalue weighted by molar-refractivity contribution is 5.30. The topological polar surface area (TPSA) is 73.1 Å². The lowest BCUT2D eigenvalue weighted by Crippen LogP contribution is -2.36. The SMILES string of the molecule is OCC1(Cc2nnnn2-c2ccccc2)CCOCC1. The summed E-state index contributed by atoms with van der Waals surface area (Å²) in [6, 6.07) is 9.81. The van der Waals surface area contributed by atoms with Gasteiger partial charge in [-0.05, 0) is 35.4 Å². The van der Waals surface area contributed by atoms with Gasteiger partial charge < -0.3 is 9.84 Å². The van der Waals surface area contributed by atoms with E-state index in [-0.39, 0.29) is 12.0 Å². The van der Waals surface area contributed by atoms with Crippen LogP contribution in [0, 0.1) is 5.41 Å². The molecule has 0 atom stereocenters. The van der Waals surface area contributed by atoms with Crippen LogP contribution in [0.15, 0.2) is 30.3 Å². The van der Waals surface area contributed by atoms with Crippen LogP contribution in [0.4, 0.5) is 0 Å². The van der Waals surface area contributed by atoms with Crippen molar-refractivity contribution in [2.45, 2.75) is 19.3 Å². The second kappa shape index (κ2) is 5.68. The van der Waals surface area contributed by atoms with Crippen LogP contribution in [0.5, 0.6) is 0 Å². The summed E-state index contributed by atoms with van der Waals surface area (Å²) < 4.78 is 7.13. The van der Waals surface area contributed by atoms with Gasteiger partial charge in [-0.1, -0.05) is 18.2 Å². The Labute approximate surface area is 117 Å². The Bertz CT molecular complexity index is 549. The third kappa shape index (κ3) is 2.57. The quantitative estimate of drug-likeness (QED) is 0.900. The van der Waals surface area contributed by atoms with Gasteiger partial charge in [0.1, 0.15) is 0 Å². The Hall–Kier alpha value is -1.79. The third-order valence-corrected chi connectivity index (χ3v) is 3.96. The number of benzene rings is 1. The molecule has 0 saturated carbocycles. The summed E-state index contributed by atoms with van der Waals surface area (Å²) >= 11 is 0. The van der Waals surface area contributed by atoms with Gasteiger partial charge in [-0.3, -0.25) is 0 Å². The van der Waals surface area contributed by atoms with Crippen molar-refractivity contribution in [1.82, 2.24) is 20.2 Å². The molecule has 1 aromatic heterocycles. The molecule has 1 saturated heterocycles. The molecule has 3 rings (SSSR count). The van der Waals surface area contributed by atoms with Crippen molar-refractivity contribution in [3.63, 3.8) is 0 Å². The number of aromatic nitrogens is 4. The van der Waals surface area contributed by atoms with Crippen molar-refractivity contribution in [2.24, 2.45) is 5.41 Å². The summed E-state index contributed by atoms with van der Waals surface area (Å²) in [7, 11) is 0. The van der Waals surface area contributed by atoms with E-state index < -0.39 is 0 Å². The Morgan fingerprint density at radius 3 is 2.65 bits per heavy atom. The van der Waals surface area contributed by atoms with Crippen molar-refractivity contribution in [2.75, 3.05) is 19.8 Å². The first-order chi connectivity index (χ1) is 9.83. The van der Waals surface area contributed by atoms with Crippen molar-refractivity contribution in [3.8, 4) is 5.69 Å². The smallest absolute Gasteiger partial charge is 0.157 e. The molecule has 6 nitrogen and oxygen atoms in total. The first-order valence-corrected chi connectivity index (χ1v) is 6.84. The van der Waals surface area contributed by atoms with E-state index in [9.17, 15) is 5.11 Å². The average Bonchev–Trinajstić information content (AvgIpc) is 2.97. The van der Waals surface area contributed by atoms with Gasteiger partial charge in [0, 0.05) is 31.7 Å². The summed E-state index contributed by atoms with van der Waals surface area (Å²) in [5.41, 5.74) is 0.770. The van der Waals surface area contributed by atoms with Gasteiger partial charge in [0.25, 0.3) is 0 Å². The Balaban J connectivity index is 1.86. The fourth-order valence-electron chi connectivity index (χ4n) is 2.62. The lowest BCUT2D eigenvalue weighted by molar-refractivity contribution is -0.0170. The second-order valence-corrected chi connectivity index (χ2v) is 5.29. The highest BCUT2D eigenvalue weighted by atomic mass is 16.5. The molecule has 1 aliphatic heterocycles. The summed E-state index contributed by atoms with van der Waals surface area (Å²) in [5, 5.41) is 21.7. The van der Waals surface area contributed by atoms with Crippen molar-refractivity contribution >= 4 is 0 Å². The van der Waals surface area contributed by atoms with Crippen molar-refractivity contribution < 1.29 is 9.84 Å². The predicted molar refractivity (Wildman–Crippen MR) is 72.4 cm³/mol. The zero-order valence-corrected chi connectivity index (χ0v) is 11.3. The molecule has 0 amide bonds. The van der Waals surface area contributed by atoms with E-state index in [0.717, 1.165) is 24.4 Å². The predicted octanol–water partition coefficient (Wildman–Crippen LogP) is 0.994. The summed E-state index contributed by atoms with van der Waals surface area (Å²) in [5.74, 6) is 0.784. The Kier molecular flexibility index (Phi) is 3.75. The Morgan fingerprint density at radius 1 is 1.20 bits per heavy atom. The van der Waals surface area contributed by atoms with Crippen LogP contribution in [0.1, 0.15) is 18.7 Å². The van der Waals surface area contributed by atoms with Crippen LogP contribution in [0.25, 0.3) is 5.69 Å². The van der Waals surface area contributed by atoms with Crippen LogP contribution in [-0.4, -0.2) is 45.1 Å². The number of ether oxygens (including phenoxy) is 1. The van der Waals surface area contributed by atoms with Gasteiger partial charge >= 0.3 is 0 Å². The number of rotatable bonds is 4. The molecular formula is C14H18N4O2. The second-order valence-electron chi connectivity index (χ2n) is 5.29. The molecule has 2 aromatic rings. The first-order valence-electron chi connectivity index (χ1n) is 6.84. The molecule has 0 spiro atoms. The van der Waals surface area contributed by atoms with Gasteiger partial charge in [-0.15, -0.1) is 5.10 Å². The van der Waals surface area contributed by atoms with Crippen LogP contribution in [0.3, 0.4) is 0 Å². The molecule has 2 heterocycles. The first kappa shape index (κ1) is 13.2. The molecule has 0 bridgehead atoms. The van der Waals surface area contributed by atoms with Gasteiger partial charge in [-0.25, -0.2) is 0 Å². The maximum Gasteiger partial charge on any atom is 0.157 e. The molecule has 106 valence electrons. The number of nitrogens with zero attached hydrogens (tertiary/aromatic N) is 4. The lowest BCUT2D eigenvalue weighted by Gasteiger charge is -2.34. The minimum Gasteiger partial charge on any atom is -0.396 e. The number of tetrazole rings is 1. The molecule has 0 aliphatic carbocycles.